The second-order valence-corrected chi connectivity index (χ2v) is 7.16. The van der Waals surface area contributed by atoms with Gasteiger partial charge in [-0.3, -0.25) is 4.79 Å². The van der Waals surface area contributed by atoms with Crippen LogP contribution in [0.15, 0.2) is 56.6 Å². The highest BCUT2D eigenvalue weighted by molar-refractivity contribution is 8.01. The van der Waals surface area contributed by atoms with E-state index in [1.165, 1.54) is 23.3 Å². The van der Waals surface area contributed by atoms with Crippen LogP contribution < -0.4 is 5.56 Å². The molecule has 1 N–H and O–H groups in total. The summed E-state index contributed by atoms with van der Waals surface area (Å²) >= 11 is 8.48. The van der Waals surface area contributed by atoms with E-state index in [1.54, 1.807) is 53.5 Å². The molecule has 0 spiro atoms. The molecule has 0 unspecified atom stereocenters. The second-order valence-electron chi connectivity index (χ2n) is 4.51. The van der Waals surface area contributed by atoms with Crippen molar-refractivity contribution >= 4 is 34.9 Å². The zero-order chi connectivity index (χ0) is 15.7. The molecular weight excluding hydrogens is 340 g/mol. The van der Waals surface area contributed by atoms with Crippen molar-refractivity contribution < 1.29 is 5.11 Å². The molecule has 0 fully saturated rings. The molecule has 7 heteroatoms. The third-order valence-electron chi connectivity index (χ3n) is 2.99. The van der Waals surface area contributed by atoms with Crippen LogP contribution in [-0.4, -0.2) is 14.0 Å². The summed E-state index contributed by atoms with van der Waals surface area (Å²) in [6, 6.07) is 10.3. The monoisotopic (exact) mass is 350 g/mol. The number of nitrogens with zero attached hydrogens (tertiary/aromatic N) is 2. The Hall–Kier alpha value is -1.76. The number of hydrogen-bond donors (Lipinski definition) is 1. The lowest BCUT2D eigenvalue weighted by molar-refractivity contribution is 0.457. The maximum Gasteiger partial charge on any atom is 0.269 e. The Morgan fingerprint density at radius 2 is 2.00 bits per heavy atom. The van der Waals surface area contributed by atoms with Crippen LogP contribution in [-0.2, 0) is 0 Å². The minimum Gasteiger partial charge on any atom is -0.505 e. The van der Waals surface area contributed by atoms with Gasteiger partial charge in [0.2, 0.25) is 0 Å². The van der Waals surface area contributed by atoms with Crippen molar-refractivity contribution in [1.82, 2.24) is 8.94 Å². The molecule has 2 heterocycles. The summed E-state index contributed by atoms with van der Waals surface area (Å²) in [5.74, 6) is 0.103. The van der Waals surface area contributed by atoms with Gasteiger partial charge in [0, 0.05) is 16.8 Å². The van der Waals surface area contributed by atoms with Crippen molar-refractivity contribution in [1.29, 1.82) is 0 Å². The van der Waals surface area contributed by atoms with E-state index in [9.17, 15) is 9.90 Å². The van der Waals surface area contributed by atoms with Gasteiger partial charge >= 0.3 is 0 Å². The van der Waals surface area contributed by atoms with Crippen molar-refractivity contribution in [2.75, 3.05) is 0 Å². The zero-order valence-electron chi connectivity index (χ0n) is 11.5. The van der Waals surface area contributed by atoms with Gasteiger partial charge in [0.25, 0.3) is 5.56 Å². The van der Waals surface area contributed by atoms with Crippen molar-refractivity contribution in [2.45, 2.75) is 16.2 Å². The lowest BCUT2D eigenvalue weighted by Gasteiger charge is -2.01. The molecule has 0 radical (unpaired) electrons. The average molecular weight is 351 g/mol. The molecule has 1 aromatic carbocycles. The van der Waals surface area contributed by atoms with E-state index >= 15 is 0 Å². The third kappa shape index (κ3) is 2.90. The van der Waals surface area contributed by atoms with Gasteiger partial charge in [-0.05, 0) is 54.9 Å². The van der Waals surface area contributed by atoms with E-state index in [0.29, 0.717) is 15.6 Å². The average Bonchev–Trinajstić information content (AvgIpc) is 2.79. The molecule has 0 bridgehead atoms. The number of halogens is 1. The van der Waals surface area contributed by atoms with Gasteiger partial charge in [-0.25, -0.2) is 8.94 Å². The molecule has 0 aliphatic rings. The topological polar surface area (TPSA) is 55.1 Å². The van der Waals surface area contributed by atoms with Crippen LogP contribution in [0.2, 0.25) is 5.02 Å². The van der Waals surface area contributed by atoms with Crippen LogP contribution in [0, 0.1) is 6.92 Å². The second kappa shape index (κ2) is 6.16. The molecule has 3 aromatic rings. The Morgan fingerprint density at radius 1 is 1.27 bits per heavy atom. The number of benzene rings is 1. The molecule has 0 atom stereocenters. The first-order valence-corrected chi connectivity index (χ1v) is 8.34. The van der Waals surface area contributed by atoms with Gasteiger partial charge < -0.3 is 5.11 Å². The van der Waals surface area contributed by atoms with Crippen LogP contribution >= 0.6 is 34.9 Å². The molecule has 0 amide bonds. The summed E-state index contributed by atoms with van der Waals surface area (Å²) in [6.07, 6.45) is 1.61. The Morgan fingerprint density at radius 3 is 2.68 bits per heavy atom. The minimum atomic E-state index is -0.0785. The standard InChI is InChI=1S/C15H11ClN2O2S2/c1-9-14(20)18(11-6-4-10(16)5-7-11)22-15(9)21-13-12(19)3-2-8-17-13/h2-8,19H,1H3. The summed E-state index contributed by atoms with van der Waals surface area (Å²) in [6.45, 7) is 1.77. The van der Waals surface area contributed by atoms with E-state index in [0.717, 1.165) is 9.90 Å². The molecule has 0 aliphatic heterocycles. The molecule has 4 nitrogen and oxygen atoms in total. The van der Waals surface area contributed by atoms with Gasteiger partial charge in [-0.15, -0.1) is 0 Å². The van der Waals surface area contributed by atoms with Crippen LogP contribution in [0.1, 0.15) is 5.56 Å². The number of hydrogen-bond acceptors (Lipinski definition) is 5. The van der Waals surface area contributed by atoms with E-state index in [1.807, 2.05) is 0 Å². The lowest BCUT2D eigenvalue weighted by atomic mass is 10.3. The summed E-state index contributed by atoms with van der Waals surface area (Å²) in [7, 11) is 0. The molecule has 22 heavy (non-hydrogen) atoms. The van der Waals surface area contributed by atoms with Gasteiger partial charge in [-0.2, -0.15) is 0 Å². The Balaban J connectivity index is 2.01. The van der Waals surface area contributed by atoms with Crippen molar-refractivity contribution in [3.05, 3.63) is 63.5 Å². The molecule has 2 aromatic heterocycles. The van der Waals surface area contributed by atoms with E-state index in [2.05, 4.69) is 4.98 Å². The van der Waals surface area contributed by atoms with Crippen molar-refractivity contribution in [2.24, 2.45) is 0 Å². The third-order valence-corrected chi connectivity index (χ3v) is 5.74. The first-order valence-electron chi connectivity index (χ1n) is 6.37. The van der Waals surface area contributed by atoms with Gasteiger partial charge in [0.15, 0.2) is 0 Å². The Labute approximate surface area is 140 Å². The first-order chi connectivity index (χ1) is 10.6. The molecule has 112 valence electrons. The fourth-order valence-corrected chi connectivity index (χ4v) is 4.10. The van der Waals surface area contributed by atoms with E-state index < -0.39 is 0 Å². The van der Waals surface area contributed by atoms with Crippen LogP contribution in [0.5, 0.6) is 5.75 Å². The first kappa shape index (κ1) is 15.1. The number of pyridine rings is 1. The highest BCUT2D eigenvalue weighted by Gasteiger charge is 2.15. The molecule has 0 aliphatic carbocycles. The van der Waals surface area contributed by atoms with Crippen LogP contribution in [0.25, 0.3) is 5.69 Å². The summed E-state index contributed by atoms with van der Waals surface area (Å²) in [5, 5.41) is 10.9. The smallest absolute Gasteiger partial charge is 0.269 e. The predicted molar refractivity (Wildman–Crippen MR) is 89.7 cm³/mol. The Kier molecular flexibility index (Phi) is 4.24. The van der Waals surface area contributed by atoms with E-state index in [4.69, 9.17) is 11.6 Å². The van der Waals surface area contributed by atoms with Crippen LogP contribution in [0.3, 0.4) is 0 Å². The van der Waals surface area contributed by atoms with E-state index in [-0.39, 0.29) is 11.3 Å². The molecule has 3 rings (SSSR count). The Bertz CT molecular complexity index is 872. The lowest BCUT2D eigenvalue weighted by Crippen LogP contribution is -2.12. The zero-order valence-corrected chi connectivity index (χ0v) is 13.9. The molecule has 0 saturated heterocycles. The van der Waals surface area contributed by atoms with Crippen molar-refractivity contribution in [3.63, 3.8) is 0 Å². The normalized spacial score (nSPS) is 10.8. The minimum absolute atomic E-state index is 0.0785. The highest BCUT2D eigenvalue weighted by atomic mass is 35.5. The van der Waals surface area contributed by atoms with Gasteiger partial charge in [0.1, 0.15) is 10.8 Å². The molecular formula is C15H11ClN2O2S2. The maximum absolute atomic E-state index is 12.4. The number of rotatable bonds is 3. The fraction of sp³-hybridized carbons (Fsp3) is 0.0667. The van der Waals surface area contributed by atoms with Gasteiger partial charge in [-0.1, -0.05) is 23.4 Å². The summed E-state index contributed by atoms with van der Waals surface area (Å²) in [4.78, 5) is 16.5. The quantitative estimate of drug-likeness (QED) is 0.772. The SMILES string of the molecule is Cc1c(Sc2ncccc2O)sn(-c2ccc(Cl)cc2)c1=O. The number of aromatic nitrogens is 2. The van der Waals surface area contributed by atoms with Crippen molar-refractivity contribution in [3.8, 4) is 11.4 Å². The summed E-state index contributed by atoms with van der Waals surface area (Å²) < 4.78 is 2.41. The van der Waals surface area contributed by atoms with Gasteiger partial charge in [0.05, 0.1) is 9.90 Å². The maximum atomic E-state index is 12.4. The highest BCUT2D eigenvalue weighted by Crippen LogP contribution is 2.36. The largest absolute Gasteiger partial charge is 0.505 e. The summed E-state index contributed by atoms with van der Waals surface area (Å²) in [5.41, 5.74) is 1.32. The van der Waals surface area contributed by atoms with Crippen LogP contribution in [0.4, 0.5) is 0 Å². The molecule has 0 saturated carbocycles. The number of aromatic hydroxyl groups is 1. The predicted octanol–water partition coefficient (Wildman–Crippen LogP) is 4.11. The fourth-order valence-electron chi connectivity index (χ4n) is 1.82.